The van der Waals surface area contributed by atoms with E-state index in [2.05, 4.69) is 14.7 Å². The Balaban J connectivity index is 1.76. The maximum atomic E-state index is 10.1. The number of nitrogens with zero attached hydrogens (tertiary/aromatic N) is 2. The Morgan fingerprint density at radius 1 is 1.44 bits per heavy atom. The van der Waals surface area contributed by atoms with Crippen molar-refractivity contribution in [3.63, 3.8) is 0 Å². The molecule has 1 saturated carbocycles. The highest BCUT2D eigenvalue weighted by Gasteiger charge is 2.28. The molecule has 0 unspecified atom stereocenters. The molecule has 5 nitrogen and oxygen atoms in total. The summed E-state index contributed by atoms with van der Waals surface area (Å²) in [6.07, 6.45) is 5.70. The van der Waals surface area contributed by atoms with Crippen LogP contribution in [0.3, 0.4) is 0 Å². The van der Waals surface area contributed by atoms with Gasteiger partial charge in [0.05, 0.1) is 5.69 Å². The molecular formula is C13H12N2O3. The maximum absolute atomic E-state index is 10.1. The molecular weight excluding hydrogens is 232 g/mol. The van der Waals surface area contributed by atoms with Crippen LogP contribution in [0, 0.1) is 0 Å². The largest absolute Gasteiger partial charge is 0.461 e. The Labute approximate surface area is 104 Å². The molecule has 92 valence electrons. The van der Waals surface area contributed by atoms with E-state index >= 15 is 0 Å². The molecule has 3 rings (SSSR count). The fourth-order valence-corrected chi connectivity index (χ4v) is 1.72. The minimum Gasteiger partial charge on any atom is -0.461 e. The molecule has 5 heteroatoms. The van der Waals surface area contributed by atoms with Crippen molar-refractivity contribution in [2.75, 3.05) is 0 Å². The van der Waals surface area contributed by atoms with Crippen LogP contribution >= 0.6 is 0 Å². The van der Waals surface area contributed by atoms with Crippen molar-refractivity contribution in [2.24, 2.45) is 0 Å². The first kappa shape index (κ1) is 11.0. The van der Waals surface area contributed by atoms with Crippen molar-refractivity contribution in [1.82, 2.24) is 9.97 Å². The lowest BCUT2D eigenvalue weighted by atomic mass is 10.2. The van der Waals surface area contributed by atoms with Crippen LogP contribution in [0.4, 0.5) is 0 Å². The van der Waals surface area contributed by atoms with Gasteiger partial charge in [-0.1, -0.05) is 0 Å². The first-order chi connectivity index (χ1) is 8.86. The van der Waals surface area contributed by atoms with Gasteiger partial charge in [-0.3, -0.25) is 9.78 Å². The first-order valence-corrected chi connectivity index (χ1v) is 5.83. The summed E-state index contributed by atoms with van der Waals surface area (Å²) in [6.45, 7) is 0.602. The first-order valence-electron chi connectivity index (χ1n) is 5.83. The van der Waals surface area contributed by atoms with Gasteiger partial charge in [-0.15, -0.1) is 0 Å². The molecule has 18 heavy (non-hydrogen) atoms. The van der Waals surface area contributed by atoms with E-state index in [9.17, 15) is 4.79 Å². The van der Waals surface area contributed by atoms with Gasteiger partial charge in [-0.25, -0.2) is 4.98 Å². The van der Waals surface area contributed by atoms with Crippen LogP contribution in [0.2, 0.25) is 0 Å². The summed E-state index contributed by atoms with van der Waals surface area (Å²) < 4.78 is 10.1. The fraction of sp³-hybridized carbons (Fsp3) is 0.308. The average molecular weight is 244 g/mol. The number of aromatic nitrogens is 2. The Morgan fingerprint density at radius 3 is 3.00 bits per heavy atom. The third kappa shape index (κ3) is 2.25. The predicted molar refractivity (Wildman–Crippen MR) is 62.6 cm³/mol. The van der Waals surface area contributed by atoms with Crippen molar-refractivity contribution >= 4 is 6.47 Å². The van der Waals surface area contributed by atoms with Crippen molar-refractivity contribution in [2.45, 2.75) is 25.4 Å². The number of carbonyl (C=O) groups excluding carboxylic acids is 1. The zero-order chi connectivity index (χ0) is 12.4. The second-order valence-electron chi connectivity index (χ2n) is 4.29. The number of pyridine rings is 1. The summed E-state index contributed by atoms with van der Waals surface area (Å²) in [5.74, 6) is 1.32. The Bertz CT molecular complexity index is 544. The highest BCUT2D eigenvalue weighted by Crippen LogP contribution is 2.40. The van der Waals surface area contributed by atoms with Gasteiger partial charge in [0.15, 0.2) is 5.89 Å². The van der Waals surface area contributed by atoms with Crippen LogP contribution in [-0.4, -0.2) is 16.4 Å². The molecule has 0 saturated heterocycles. The van der Waals surface area contributed by atoms with Gasteiger partial charge in [-0.05, 0) is 25.0 Å². The second-order valence-corrected chi connectivity index (χ2v) is 4.29. The van der Waals surface area contributed by atoms with E-state index in [-0.39, 0.29) is 6.61 Å². The van der Waals surface area contributed by atoms with Crippen LogP contribution in [-0.2, 0) is 16.1 Å². The molecule has 0 bridgehead atoms. The summed E-state index contributed by atoms with van der Waals surface area (Å²) >= 11 is 0. The highest BCUT2D eigenvalue weighted by atomic mass is 16.5. The van der Waals surface area contributed by atoms with Gasteiger partial charge in [0.1, 0.15) is 18.6 Å². The highest BCUT2D eigenvalue weighted by molar-refractivity contribution is 5.56. The van der Waals surface area contributed by atoms with Gasteiger partial charge in [-0.2, -0.15) is 0 Å². The standard InChI is InChI=1S/C13H12N2O3/c16-8-17-6-11-4-3-10(5-14-11)12-7-18-13(15-12)9-1-2-9/h3-5,7-9H,1-2,6H2. The molecule has 0 aliphatic heterocycles. The zero-order valence-electron chi connectivity index (χ0n) is 9.70. The maximum Gasteiger partial charge on any atom is 0.293 e. The molecule has 0 radical (unpaired) electrons. The summed E-state index contributed by atoms with van der Waals surface area (Å²) in [6, 6.07) is 3.70. The molecule has 1 aliphatic rings. The molecule has 2 aromatic rings. The van der Waals surface area contributed by atoms with Gasteiger partial charge in [0.2, 0.25) is 0 Å². The van der Waals surface area contributed by atoms with Crippen molar-refractivity contribution in [3.8, 4) is 11.3 Å². The number of ether oxygens (including phenoxy) is 1. The minimum atomic E-state index is 0.190. The lowest BCUT2D eigenvalue weighted by Crippen LogP contribution is -1.93. The van der Waals surface area contributed by atoms with Crippen LogP contribution in [0.5, 0.6) is 0 Å². The lowest BCUT2D eigenvalue weighted by molar-refractivity contribution is -0.129. The number of oxazole rings is 1. The lowest BCUT2D eigenvalue weighted by Gasteiger charge is -1.99. The molecule has 0 N–H and O–H groups in total. The van der Waals surface area contributed by atoms with Gasteiger partial charge in [0.25, 0.3) is 6.47 Å². The number of hydrogen-bond donors (Lipinski definition) is 0. The second kappa shape index (κ2) is 4.60. The van der Waals surface area contributed by atoms with Crippen molar-refractivity contribution in [1.29, 1.82) is 0 Å². The van der Waals surface area contributed by atoms with E-state index in [0.717, 1.165) is 17.1 Å². The third-order valence-electron chi connectivity index (χ3n) is 2.87. The predicted octanol–water partition coefficient (Wildman–Crippen LogP) is 2.29. The average Bonchev–Trinajstić information content (AvgIpc) is 3.15. The summed E-state index contributed by atoms with van der Waals surface area (Å²) in [5.41, 5.74) is 2.41. The van der Waals surface area contributed by atoms with Crippen LogP contribution in [0.15, 0.2) is 29.0 Å². The summed E-state index contributed by atoms with van der Waals surface area (Å²) in [5, 5.41) is 0. The number of rotatable bonds is 5. The molecule has 0 spiro atoms. The molecule has 0 aromatic carbocycles. The van der Waals surface area contributed by atoms with Gasteiger partial charge >= 0.3 is 0 Å². The Kier molecular flexibility index (Phi) is 2.80. The monoisotopic (exact) mass is 244 g/mol. The van der Waals surface area contributed by atoms with Gasteiger partial charge in [0, 0.05) is 17.7 Å². The van der Waals surface area contributed by atoms with Gasteiger partial charge < -0.3 is 9.15 Å². The van der Waals surface area contributed by atoms with Crippen LogP contribution in [0.1, 0.15) is 30.3 Å². The van der Waals surface area contributed by atoms with E-state index in [1.165, 1.54) is 12.8 Å². The van der Waals surface area contributed by atoms with E-state index in [1.54, 1.807) is 12.5 Å². The van der Waals surface area contributed by atoms with Crippen LogP contribution in [0.25, 0.3) is 11.3 Å². The number of hydrogen-bond acceptors (Lipinski definition) is 5. The van der Waals surface area contributed by atoms with E-state index in [0.29, 0.717) is 18.1 Å². The zero-order valence-corrected chi connectivity index (χ0v) is 9.70. The fourth-order valence-electron chi connectivity index (χ4n) is 1.72. The van der Waals surface area contributed by atoms with Crippen LogP contribution < -0.4 is 0 Å². The van der Waals surface area contributed by atoms with E-state index in [4.69, 9.17) is 4.42 Å². The SMILES string of the molecule is O=COCc1ccc(-c2coc(C3CC3)n2)cn1. The quantitative estimate of drug-likeness (QED) is 0.755. The molecule has 2 aromatic heterocycles. The Hall–Kier alpha value is -2.17. The van der Waals surface area contributed by atoms with E-state index < -0.39 is 0 Å². The summed E-state index contributed by atoms with van der Waals surface area (Å²) in [4.78, 5) is 18.7. The Morgan fingerprint density at radius 2 is 2.33 bits per heavy atom. The molecule has 0 atom stereocenters. The number of carbonyl (C=O) groups is 1. The third-order valence-corrected chi connectivity index (χ3v) is 2.87. The minimum absolute atomic E-state index is 0.190. The van der Waals surface area contributed by atoms with Crippen molar-refractivity contribution < 1.29 is 13.9 Å². The topological polar surface area (TPSA) is 65.2 Å². The molecule has 1 fully saturated rings. The smallest absolute Gasteiger partial charge is 0.293 e. The molecule has 2 heterocycles. The normalized spacial score (nSPS) is 14.4. The molecule has 1 aliphatic carbocycles. The van der Waals surface area contributed by atoms with Crippen molar-refractivity contribution in [3.05, 3.63) is 36.2 Å². The summed E-state index contributed by atoms with van der Waals surface area (Å²) in [7, 11) is 0. The molecule has 0 amide bonds. The van der Waals surface area contributed by atoms with E-state index in [1.807, 2.05) is 12.1 Å².